The summed E-state index contributed by atoms with van der Waals surface area (Å²) in [6.07, 6.45) is 0.232. The molecule has 4 N–H and O–H groups in total. The summed E-state index contributed by atoms with van der Waals surface area (Å²) in [5.74, 6) is -6.06. The predicted octanol–water partition coefficient (Wildman–Crippen LogP) is 6.14. The van der Waals surface area contributed by atoms with Gasteiger partial charge in [-0.25, -0.2) is 4.79 Å². The number of nitrogens with one attached hydrogen (secondary N) is 3. The summed E-state index contributed by atoms with van der Waals surface area (Å²) in [7, 11) is 3.07. The lowest BCUT2D eigenvalue weighted by molar-refractivity contribution is -0.179. The molecule has 0 aliphatic carbocycles. The van der Waals surface area contributed by atoms with E-state index in [1.54, 1.807) is 66.0 Å². The van der Waals surface area contributed by atoms with E-state index in [0.717, 1.165) is 11.1 Å². The van der Waals surface area contributed by atoms with Crippen LogP contribution in [0.15, 0.2) is 54.6 Å². The highest BCUT2D eigenvalue weighted by Gasteiger charge is 2.48. The molecule has 2 aromatic carbocycles. The van der Waals surface area contributed by atoms with Crippen molar-refractivity contribution in [3.05, 3.63) is 76.3 Å². The van der Waals surface area contributed by atoms with Crippen LogP contribution < -0.4 is 20.7 Å². The number of halogens is 1. The molecule has 4 amide bonds. The molecular formula is C63H91ClN4O18. The molecule has 22 nitrogen and oxygen atoms in total. The summed E-state index contributed by atoms with van der Waals surface area (Å²) < 4.78 is 44.7. The smallest absolute Gasteiger partial charge is 0.347 e. The van der Waals surface area contributed by atoms with Crippen LogP contribution in [0.1, 0.15) is 123 Å². The van der Waals surface area contributed by atoms with Crippen molar-refractivity contribution in [1.29, 1.82) is 0 Å². The number of amides is 4. The number of nitrogens with zero attached hydrogens (tertiary/aromatic N) is 1. The topological polar surface area (TPSA) is 290 Å². The van der Waals surface area contributed by atoms with Crippen molar-refractivity contribution < 1.29 is 86.2 Å². The third kappa shape index (κ3) is 25.2. The molecule has 0 radical (unpaired) electrons. The number of cyclic esters (lactones) is 2. The fourth-order valence-electron chi connectivity index (χ4n) is 9.41. The molecule has 23 heteroatoms. The Morgan fingerprint density at radius 1 is 0.814 bits per heavy atom. The maximum atomic E-state index is 14.0. The maximum absolute atomic E-state index is 14.0. The highest BCUT2D eigenvalue weighted by atomic mass is 35.5. The van der Waals surface area contributed by atoms with Crippen LogP contribution >= 0.6 is 11.6 Å². The Bertz CT molecular complexity index is 2590. The van der Waals surface area contributed by atoms with E-state index in [1.165, 1.54) is 18.1 Å². The van der Waals surface area contributed by atoms with Crippen LogP contribution in [0.25, 0.3) is 0 Å². The lowest BCUT2D eigenvalue weighted by atomic mass is 9.88. The van der Waals surface area contributed by atoms with Gasteiger partial charge >= 0.3 is 17.9 Å². The van der Waals surface area contributed by atoms with E-state index in [-0.39, 0.29) is 120 Å². The van der Waals surface area contributed by atoms with Crippen LogP contribution in [0.3, 0.4) is 0 Å². The number of Topliss-reactive ketones (excluding diaryl/α,β-unsaturated/α-hetero) is 2. The Morgan fingerprint density at radius 3 is 2.07 bits per heavy atom. The quantitative estimate of drug-likeness (QED) is 0.0342. The van der Waals surface area contributed by atoms with E-state index in [0.29, 0.717) is 55.8 Å². The van der Waals surface area contributed by atoms with Gasteiger partial charge in [-0.2, -0.15) is 0 Å². The van der Waals surface area contributed by atoms with E-state index in [2.05, 4.69) is 16.0 Å². The van der Waals surface area contributed by atoms with Gasteiger partial charge in [-0.3, -0.25) is 38.4 Å². The van der Waals surface area contributed by atoms with Crippen molar-refractivity contribution in [1.82, 2.24) is 20.9 Å². The van der Waals surface area contributed by atoms with Crippen LogP contribution in [0.5, 0.6) is 5.75 Å². The highest BCUT2D eigenvalue weighted by molar-refractivity contribution is 6.32. The second kappa shape index (κ2) is 36.8. The minimum atomic E-state index is -1.28. The van der Waals surface area contributed by atoms with E-state index >= 15 is 0 Å². The van der Waals surface area contributed by atoms with Crippen molar-refractivity contribution >= 4 is 64.7 Å². The van der Waals surface area contributed by atoms with Gasteiger partial charge in [0.05, 0.1) is 88.8 Å². The molecule has 2 aliphatic heterocycles. The zero-order valence-electron chi connectivity index (χ0n) is 51.6. The van der Waals surface area contributed by atoms with Crippen molar-refractivity contribution in [3.8, 4) is 5.75 Å². The average Bonchev–Trinajstić information content (AvgIpc) is 2.72. The number of rotatable bonds is 35. The second-order valence-corrected chi connectivity index (χ2v) is 23.6. The van der Waals surface area contributed by atoms with Gasteiger partial charge in [-0.15, -0.1) is 0 Å². The van der Waals surface area contributed by atoms with Crippen LogP contribution in [0.4, 0.5) is 0 Å². The average molecular weight is 1230 g/mol. The third-order valence-electron chi connectivity index (χ3n) is 14.9. The Kier molecular flexibility index (Phi) is 30.8. The number of hydrogen-bond acceptors (Lipinski definition) is 17. The fraction of sp³-hybridized carbons (Fsp3) is 0.635. The van der Waals surface area contributed by atoms with Gasteiger partial charge in [-0.1, -0.05) is 82.6 Å². The van der Waals surface area contributed by atoms with Gasteiger partial charge in [0.15, 0.2) is 11.9 Å². The molecule has 2 heterocycles. The molecule has 8 atom stereocenters. The summed E-state index contributed by atoms with van der Waals surface area (Å²) in [4.78, 5) is 121. The zero-order chi connectivity index (χ0) is 63.5. The van der Waals surface area contributed by atoms with Gasteiger partial charge in [0, 0.05) is 70.7 Å². The van der Waals surface area contributed by atoms with Crippen LogP contribution in [0, 0.1) is 29.1 Å². The predicted molar refractivity (Wildman–Crippen MR) is 318 cm³/mol. The first-order valence-corrected chi connectivity index (χ1v) is 30.0. The van der Waals surface area contributed by atoms with Crippen molar-refractivity contribution in [2.45, 2.75) is 150 Å². The maximum Gasteiger partial charge on any atom is 0.347 e. The Balaban J connectivity index is 1.33. The number of carboxylic acid groups (broad SMARTS) is 1. The number of esters is 2. The highest BCUT2D eigenvalue weighted by Crippen LogP contribution is 2.45. The van der Waals surface area contributed by atoms with Crippen LogP contribution in [-0.4, -0.2) is 174 Å². The first-order chi connectivity index (χ1) is 40.8. The van der Waals surface area contributed by atoms with Crippen LogP contribution in [0.2, 0.25) is 5.02 Å². The molecule has 0 spiro atoms. The summed E-state index contributed by atoms with van der Waals surface area (Å²) in [5.41, 5.74) is 1.07. The summed E-state index contributed by atoms with van der Waals surface area (Å²) in [5, 5.41) is 18.0. The number of ether oxygens (including phenoxy) is 8. The minimum absolute atomic E-state index is 0.0238. The lowest BCUT2D eigenvalue weighted by Gasteiger charge is -2.29. The molecule has 0 bridgehead atoms. The number of carboxylic acids is 1. The normalized spacial score (nSPS) is 20.6. The molecule has 1 fully saturated rings. The Hall–Kier alpha value is -6.30. The molecule has 2 aliphatic rings. The number of ketones is 2. The largest absolute Gasteiger partial charge is 0.495 e. The number of carbonyl (C=O) groups excluding carboxylic acids is 8. The van der Waals surface area contributed by atoms with E-state index in [9.17, 15) is 48.3 Å². The van der Waals surface area contributed by atoms with Gasteiger partial charge in [0.25, 0.3) is 0 Å². The molecule has 86 heavy (non-hydrogen) atoms. The summed E-state index contributed by atoms with van der Waals surface area (Å²) in [6, 6.07) is 10.7. The number of epoxide rings is 1. The van der Waals surface area contributed by atoms with Gasteiger partial charge < -0.3 is 63.9 Å². The molecule has 1 saturated heterocycles. The first-order valence-electron chi connectivity index (χ1n) is 29.6. The van der Waals surface area contributed by atoms with Crippen LogP contribution in [-0.2, 0) is 89.2 Å². The van der Waals surface area contributed by atoms with Crippen molar-refractivity contribution in [2.75, 3.05) is 80.1 Å². The van der Waals surface area contributed by atoms with Crippen molar-refractivity contribution in [2.24, 2.45) is 29.1 Å². The number of aryl methyl sites for hydroxylation is 1. The second-order valence-electron chi connectivity index (χ2n) is 23.2. The summed E-state index contributed by atoms with van der Waals surface area (Å²) >= 11 is 6.39. The van der Waals surface area contributed by atoms with Crippen molar-refractivity contribution in [3.63, 3.8) is 0 Å². The van der Waals surface area contributed by atoms with E-state index < -0.39 is 83.3 Å². The molecule has 0 saturated carbocycles. The monoisotopic (exact) mass is 1230 g/mol. The van der Waals surface area contributed by atoms with Gasteiger partial charge in [0.1, 0.15) is 29.8 Å². The summed E-state index contributed by atoms with van der Waals surface area (Å²) in [6.45, 7) is 16.1. The van der Waals surface area contributed by atoms with Gasteiger partial charge in [0.2, 0.25) is 23.6 Å². The number of benzene rings is 2. The number of methoxy groups -OCH3 is 2. The number of aliphatic carboxylic acids is 1. The minimum Gasteiger partial charge on any atom is -0.495 e. The standard InChI is InChI=1S/C63H91ClN4O18/c1-39(2)34-53-61(77)84-51(12-11-13-54(71)67-49(36-44-17-21-52(80-10)48(64)35-44)60(76)65-38-63(7,8)62(78)85-53)41(5)57-58(86-57)45-18-14-43(15-19-45)16-20-50(70)42(6)66-59(75)47(40(3)4)37-46(69)22-25-68(26-23-56(73)74)55(72)24-27-81-30-31-83-33-32-82-29-28-79-9/h11,13-15,17-19,21,35,39-42,47,49,51,53,57-58H,12,16,20,22-34,36-38H2,1-10H3,(H,65,76)(H,66,75)(H,67,71)(H,73,74)/b13-11+/t41-,42-,47-,49?,51-,53-,57+,58+/m0/s1. The third-order valence-corrected chi connectivity index (χ3v) is 15.2. The molecule has 478 valence electrons. The lowest BCUT2D eigenvalue weighted by Crippen LogP contribution is -2.51. The van der Waals surface area contributed by atoms with E-state index in [1.807, 2.05) is 45.0 Å². The zero-order valence-corrected chi connectivity index (χ0v) is 52.4. The van der Waals surface area contributed by atoms with E-state index in [4.69, 9.17) is 49.5 Å². The molecule has 4 rings (SSSR count). The number of carbonyl (C=O) groups is 9. The number of hydrogen-bond donors (Lipinski definition) is 4. The Morgan fingerprint density at radius 2 is 1.45 bits per heavy atom. The molecule has 1 unspecified atom stereocenters. The van der Waals surface area contributed by atoms with Gasteiger partial charge in [-0.05, 0) is 80.3 Å². The Labute approximate surface area is 510 Å². The first kappa shape index (κ1) is 72.2. The molecule has 2 aromatic rings. The fourth-order valence-corrected chi connectivity index (χ4v) is 9.69. The molecular weight excluding hydrogens is 1140 g/mol. The molecule has 0 aromatic heterocycles. The SMILES string of the molecule is COCCOCCOCCOCCC(=O)N(CCC(=O)O)CCC(=O)C[C@H](C(=O)N[C@@H](C)C(=O)CCc1ccc([C@H]2O[C@@H]2[C@@H](C)[C@@H]2C/C=C/C(=O)NC(Cc3ccc(OC)c(Cl)c3)C(=O)NCC(C)(C)C(=O)O[C@@H](CC(C)C)C(=O)O2)cc1)C(C)C.